The van der Waals surface area contributed by atoms with E-state index in [0.717, 1.165) is 127 Å². The Labute approximate surface area is 673 Å². The summed E-state index contributed by atoms with van der Waals surface area (Å²) >= 11 is 17.0. The number of aromatic hydroxyl groups is 1. The lowest BCUT2D eigenvalue weighted by atomic mass is 10.2. The third-order valence-electron chi connectivity index (χ3n) is 12.2. The fourth-order valence-corrected chi connectivity index (χ4v) is 9.00. The molecule has 0 saturated heterocycles. The third kappa shape index (κ3) is 54.8. The number of phenols is 1. The van der Waals surface area contributed by atoms with Crippen LogP contribution in [0.4, 0.5) is 52.7 Å². The number of Topliss-reactive ketones (excluding diaryl/α,β-unsaturated/α-hetero) is 1. The number of thioether (sulfide) groups is 2. The molecule has 7 aromatic carbocycles. The second kappa shape index (κ2) is 63.7. The van der Waals surface area contributed by atoms with Gasteiger partial charge in [0.2, 0.25) is 0 Å². The Morgan fingerprint density at radius 1 is 0.446 bits per heavy atom. The van der Waals surface area contributed by atoms with Crippen LogP contribution in [0, 0.1) is 20.8 Å². The number of aryl methyl sites for hydroxylation is 3. The normalized spacial score (nSPS) is 9.86. The van der Waals surface area contributed by atoms with Crippen LogP contribution in [0.5, 0.6) is 40.2 Å². The molecular formula is C80H100Cl2F12O15S3. The van der Waals surface area contributed by atoms with Gasteiger partial charge in [-0.25, -0.2) is 0 Å². The minimum atomic E-state index is -4.34. The Morgan fingerprint density at radius 2 is 0.732 bits per heavy atom. The number of ketones is 1. The van der Waals surface area contributed by atoms with E-state index in [1.807, 2.05) is 69.3 Å². The van der Waals surface area contributed by atoms with Crippen LogP contribution in [0.25, 0.3) is 0 Å². The first-order chi connectivity index (χ1) is 50.2. The van der Waals surface area contributed by atoms with Crippen LogP contribution in [0.1, 0.15) is 96.3 Å². The molecule has 0 spiro atoms. The van der Waals surface area contributed by atoms with Crippen molar-refractivity contribution in [3.8, 4) is 40.2 Å². The van der Waals surface area contributed by atoms with E-state index >= 15 is 0 Å². The molecule has 4 N–H and O–H groups in total. The van der Waals surface area contributed by atoms with E-state index in [1.165, 1.54) is 43.3 Å². The minimum Gasteiger partial charge on any atom is -0.508 e. The Kier molecular flexibility index (Phi) is 66.2. The van der Waals surface area contributed by atoms with E-state index in [0.29, 0.717) is 46.5 Å². The maximum atomic E-state index is 12.5. The summed E-state index contributed by atoms with van der Waals surface area (Å²) in [6, 6.07) is 34.8. The van der Waals surface area contributed by atoms with Crippen LogP contribution in [0.15, 0.2) is 215 Å². The maximum absolute atomic E-state index is 12.5. The number of aliphatic hydroxyl groups is 3. The molecule has 0 fully saturated rings. The summed E-state index contributed by atoms with van der Waals surface area (Å²) < 4.78 is 180. The van der Waals surface area contributed by atoms with E-state index in [-0.39, 0.29) is 113 Å². The van der Waals surface area contributed by atoms with Gasteiger partial charge >= 0.3 is 37.0 Å². The molecule has 7 aromatic rings. The molecule has 0 radical (unpaired) electrons. The lowest BCUT2D eigenvalue weighted by molar-refractivity contribution is -0.193. The first-order valence-electron chi connectivity index (χ1n) is 30.6. The zero-order valence-corrected chi connectivity index (χ0v) is 62.6. The molecule has 0 bridgehead atoms. The zero-order chi connectivity index (χ0) is 81.9. The van der Waals surface area contributed by atoms with Gasteiger partial charge in [-0.3, -0.25) is 4.79 Å². The summed E-state index contributed by atoms with van der Waals surface area (Å²) in [5.41, 5.74) is 2.89. The summed E-state index contributed by atoms with van der Waals surface area (Å²) in [4.78, 5) is 46.2. The summed E-state index contributed by atoms with van der Waals surface area (Å²) in [6.45, 7) is 25.2. The van der Waals surface area contributed by atoms with Crippen molar-refractivity contribution in [2.45, 2.75) is 118 Å². The molecule has 0 amide bonds. The molecule has 0 aromatic heterocycles. The molecule has 0 aliphatic heterocycles. The maximum Gasteiger partial charge on any atom is 0.416 e. The van der Waals surface area contributed by atoms with Gasteiger partial charge in [0.15, 0.2) is 5.78 Å². The van der Waals surface area contributed by atoms with Gasteiger partial charge in [0.1, 0.15) is 66.7 Å². The van der Waals surface area contributed by atoms with Gasteiger partial charge in [-0.1, -0.05) is 70.4 Å². The lowest BCUT2D eigenvalue weighted by Gasteiger charge is -2.12. The highest BCUT2D eigenvalue weighted by Gasteiger charge is 2.32. The standard InChI is InChI=1S/C21H23F3O2S.C19H19F3O2S.C11H11F3O2.C10H12O2S.C7H5F3O.C4H8O2.CH2Cl2.2CO2.5CH4/c1-4-11-25-20-10-9-19(12-16(20)3)27-14-15(2)13-26-18-7-5-17(6-8-18)21(22,23)24;1-13(12-25-17-8-9-18(23-3)14(2)10-17)11-24-16-6-4-15(5-7-16)19(20,21)22;1-8(6-15)7-16-10-4-2-9(3-5-10)11(12,13)14;1-7-5-9(13)3-4-10(7)12-6-8(2)11;8-7(9,10)5-1-3-6(11)4-2-5;1-4(2-5)3-6;3*2-1-3;;;;;/h5-10,12H,2,4,11,13-14H2,1,3H3;4-10H,1,11-12H2,2-3H3;2-5,15H,1,6-7H2;3-5,13H,6H2,1-2H3;1-4,11H;5-6H,1-3H2;1H2;;;5*1H4. The number of phenolic OH excluding ortho intramolecular Hbond substituents is 1. The Balaban J connectivity index is -0.000000239. The van der Waals surface area contributed by atoms with Crippen LogP contribution in [-0.4, -0.2) is 115 Å². The number of carbonyl (C=O) groups excluding carboxylic acids is 5. The van der Waals surface area contributed by atoms with E-state index < -0.39 is 47.0 Å². The molecule has 112 heavy (non-hydrogen) atoms. The van der Waals surface area contributed by atoms with Crippen LogP contribution in [0.2, 0.25) is 0 Å². The van der Waals surface area contributed by atoms with Crippen molar-refractivity contribution in [1.29, 1.82) is 0 Å². The number of methoxy groups -OCH3 is 1. The van der Waals surface area contributed by atoms with E-state index in [4.69, 9.17) is 91.2 Å². The van der Waals surface area contributed by atoms with Gasteiger partial charge in [-0.2, -0.15) is 71.9 Å². The van der Waals surface area contributed by atoms with Crippen LogP contribution < -0.4 is 28.4 Å². The number of aliphatic hydroxyl groups excluding tert-OH is 3. The number of benzene rings is 7. The smallest absolute Gasteiger partial charge is 0.416 e. The van der Waals surface area contributed by atoms with Crippen molar-refractivity contribution in [2.75, 3.05) is 76.8 Å². The molecule has 0 saturated carbocycles. The Bertz CT molecular complexity index is 3800. The molecule has 0 aliphatic rings. The third-order valence-corrected chi connectivity index (χ3v) is 14.7. The second-order valence-electron chi connectivity index (χ2n) is 21.1. The molecule has 15 nitrogen and oxygen atoms in total. The largest absolute Gasteiger partial charge is 0.508 e. The molecule has 0 unspecified atom stereocenters. The van der Waals surface area contributed by atoms with E-state index in [9.17, 15) is 57.5 Å². The van der Waals surface area contributed by atoms with Crippen molar-refractivity contribution in [3.05, 3.63) is 239 Å². The fraction of sp³-hybridized carbons (Fsp3) is 0.338. The molecular weight excluding hydrogens is 1600 g/mol. The average Bonchev–Trinajstić information content (AvgIpc) is 0.981. The van der Waals surface area contributed by atoms with Crippen molar-refractivity contribution < 1.29 is 126 Å². The Hall–Kier alpha value is -8.80. The van der Waals surface area contributed by atoms with Gasteiger partial charge in [-0.15, -0.1) is 59.4 Å². The van der Waals surface area contributed by atoms with Gasteiger partial charge in [0.05, 0.1) is 61.1 Å². The van der Waals surface area contributed by atoms with Crippen molar-refractivity contribution in [3.63, 3.8) is 0 Å². The second-order valence-corrected chi connectivity index (χ2v) is 24.6. The fourth-order valence-electron chi connectivity index (χ4n) is 6.98. The topological polar surface area (TPSA) is 222 Å². The number of hydrogen-bond donors (Lipinski definition) is 5. The summed E-state index contributed by atoms with van der Waals surface area (Å²) in [5, 5.41) is 33.6. The average molecular weight is 1700 g/mol. The lowest BCUT2D eigenvalue weighted by Crippen LogP contribution is -2.07. The highest BCUT2D eigenvalue weighted by atomic mass is 35.5. The molecule has 0 aliphatic carbocycles. The van der Waals surface area contributed by atoms with Gasteiger partial charge in [-0.05, 0) is 225 Å². The van der Waals surface area contributed by atoms with Crippen LogP contribution >= 0.6 is 59.4 Å². The predicted molar refractivity (Wildman–Crippen MR) is 423 cm³/mol. The number of halogens is 14. The summed E-state index contributed by atoms with van der Waals surface area (Å²) in [6.07, 6.45) is -15.9. The van der Waals surface area contributed by atoms with E-state index in [1.54, 1.807) is 30.6 Å². The molecule has 0 heterocycles. The van der Waals surface area contributed by atoms with Gasteiger partial charge in [0, 0.05) is 26.2 Å². The number of carbonyl (C=O) groups is 1. The number of hydrogen-bond acceptors (Lipinski definition) is 18. The van der Waals surface area contributed by atoms with Crippen molar-refractivity contribution in [2.24, 2.45) is 0 Å². The SMILES string of the molecule is C.C.C.C.C.C=C(CO)CO.C=C(CO)COc1ccc(C(F)(F)F)cc1.C=C(COc1ccc(C(F)(F)F)cc1)CSc1ccc(OC)c(C)c1.C=C(COc1ccc(C(F)(F)F)cc1)CSc1ccc(OCCC)c(C)c1.CC(=O)COc1ccc(S)cc1C.ClCCl.O=C=O.O=C=O.Oc1ccc(C(F)(F)F)cc1. The first kappa shape index (κ1) is 116. The van der Waals surface area contributed by atoms with E-state index in [2.05, 4.69) is 51.9 Å². The first-order valence-corrected chi connectivity index (χ1v) is 34.1. The number of ether oxygens (including phenoxy) is 6. The number of rotatable bonds is 25. The molecule has 32 heteroatoms. The van der Waals surface area contributed by atoms with Crippen molar-refractivity contribution >= 4 is 77.4 Å². The van der Waals surface area contributed by atoms with Crippen LogP contribution in [-0.2, 0) is 48.7 Å². The highest BCUT2D eigenvalue weighted by Crippen LogP contribution is 2.35. The monoisotopic (exact) mass is 1690 g/mol. The molecule has 626 valence electrons. The summed E-state index contributed by atoms with van der Waals surface area (Å²) in [7, 11) is 1.63. The quantitative estimate of drug-likeness (QED) is 0.0118. The summed E-state index contributed by atoms with van der Waals surface area (Å²) in [5.74, 6) is 4.74. The minimum absolute atomic E-state index is 0. The van der Waals surface area contributed by atoms with Gasteiger partial charge < -0.3 is 48.8 Å². The zero-order valence-electron chi connectivity index (χ0n) is 58.6. The molecule has 0 atom stereocenters. The highest BCUT2D eigenvalue weighted by molar-refractivity contribution is 7.99. The predicted octanol–water partition coefficient (Wildman–Crippen LogP) is 22.5. The number of thiol groups is 1. The van der Waals surface area contributed by atoms with Gasteiger partial charge in [0.25, 0.3) is 0 Å². The number of alkyl halides is 14. The van der Waals surface area contributed by atoms with Crippen molar-refractivity contribution in [1.82, 2.24) is 0 Å². The molecule has 7 rings (SSSR count). The van der Waals surface area contributed by atoms with Crippen LogP contribution in [0.3, 0.4) is 0 Å². The Morgan fingerprint density at radius 3 is 1.00 bits per heavy atom.